The number of halogens is 1. The van der Waals surface area contributed by atoms with Crippen molar-refractivity contribution in [2.75, 3.05) is 18.8 Å². The Bertz CT molecular complexity index is 677. The number of nitrogens with one attached hydrogen (secondary N) is 1. The first-order valence-electron chi connectivity index (χ1n) is 7.53. The minimum atomic E-state index is -0.147. The van der Waals surface area contributed by atoms with Crippen LogP contribution in [0.3, 0.4) is 0 Å². The minimum absolute atomic E-state index is 0.0613. The lowest BCUT2D eigenvalue weighted by atomic mass is 10.4. The SMILES string of the molecule is CCN(CC(=O)NCc1cccs1)C(=O)CSc1cccc(Cl)c1. The van der Waals surface area contributed by atoms with Gasteiger partial charge in [0.2, 0.25) is 11.8 Å². The zero-order valence-electron chi connectivity index (χ0n) is 13.3. The van der Waals surface area contributed by atoms with Crippen LogP contribution < -0.4 is 5.32 Å². The number of amides is 2. The minimum Gasteiger partial charge on any atom is -0.350 e. The van der Waals surface area contributed by atoms with Crippen LogP contribution in [0, 0.1) is 0 Å². The Morgan fingerprint density at radius 3 is 2.79 bits per heavy atom. The Hall–Kier alpha value is -1.50. The zero-order chi connectivity index (χ0) is 17.4. The molecule has 1 aromatic carbocycles. The van der Waals surface area contributed by atoms with Crippen LogP contribution in [-0.4, -0.2) is 35.6 Å². The standard InChI is InChI=1S/C17H19ClN2O2S2/c1-2-20(11-16(21)19-10-15-7-4-8-23-15)17(22)12-24-14-6-3-5-13(18)9-14/h3-9H,2,10-12H2,1H3,(H,19,21). The molecule has 24 heavy (non-hydrogen) atoms. The van der Waals surface area contributed by atoms with Gasteiger partial charge in [-0.2, -0.15) is 0 Å². The number of thiophene rings is 1. The highest BCUT2D eigenvalue weighted by Gasteiger charge is 2.15. The van der Waals surface area contributed by atoms with Crippen molar-refractivity contribution in [1.82, 2.24) is 10.2 Å². The third-order valence-corrected chi connectivity index (χ3v) is 5.36. The van der Waals surface area contributed by atoms with E-state index >= 15 is 0 Å². The van der Waals surface area contributed by atoms with Gasteiger partial charge in [-0.05, 0) is 36.6 Å². The average Bonchev–Trinajstić information content (AvgIpc) is 3.09. The molecule has 2 rings (SSSR count). The summed E-state index contributed by atoms with van der Waals surface area (Å²) in [5.74, 6) is 0.0759. The normalized spacial score (nSPS) is 10.4. The number of nitrogens with zero attached hydrogens (tertiary/aromatic N) is 1. The van der Waals surface area contributed by atoms with Crippen LogP contribution in [0.15, 0.2) is 46.7 Å². The summed E-state index contributed by atoms with van der Waals surface area (Å²) in [5, 5.41) is 5.45. The molecule has 0 saturated heterocycles. The van der Waals surface area contributed by atoms with Gasteiger partial charge in [-0.3, -0.25) is 9.59 Å². The van der Waals surface area contributed by atoms with Crippen LogP contribution in [0.2, 0.25) is 5.02 Å². The van der Waals surface area contributed by atoms with Gasteiger partial charge in [0.1, 0.15) is 0 Å². The zero-order valence-corrected chi connectivity index (χ0v) is 15.7. The molecule has 4 nitrogen and oxygen atoms in total. The van der Waals surface area contributed by atoms with E-state index in [0.717, 1.165) is 9.77 Å². The highest BCUT2D eigenvalue weighted by molar-refractivity contribution is 8.00. The molecule has 0 bridgehead atoms. The molecular weight excluding hydrogens is 364 g/mol. The number of thioether (sulfide) groups is 1. The van der Waals surface area contributed by atoms with Crippen LogP contribution in [0.5, 0.6) is 0 Å². The first kappa shape index (κ1) is 18.8. The van der Waals surface area contributed by atoms with Crippen LogP contribution >= 0.6 is 34.7 Å². The molecule has 0 spiro atoms. The summed E-state index contributed by atoms with van der Waals surface area (Å²) in [7, 11) is 0. The van der Waals surface area contributed by atoms with Crippen molar-refractivity contribution >= 4 is 46.5 Å². The summed E-state index contributed by atoms with van der Waals surface area (Å²) >= 11 is 8.95. The molecule has 0 aliphatic carbocycles. The molecule has 0 unspecified atom stereocenters. The lowest BCUT2D eigenvalue weighted by molar-refractivity contribution is -0.133. The Balaban J connectivity index is 1.78. The van der Waals surface area contributed by atoms with Gasteiger partial charge in [-0.1, -0.05) is 23.7 Å². The summed E-state index contributed by atoms with van der Waals surface area (Å²) < 4.78 is 0. The molecule has 128 valence electrons. The van der Waals surface area contributed by atoms with Crippen molar-refractivity contribution in [3.8, 4) is 0 Å². The number of benzene rings is 1. The fourth-order valence-electron chi connectivity index (χ4n) is 2.00. The maximum absolute atomic E-state index is 12.3. The maximum Gasteiger partial charge on any atom is 0.239 e. The Morgan fingerprint density at radius 1 is 1.29 bits per heavy atom. The molecule has 1 heterocycles. The van der Waals surface area contributed by atoms with Gasteiger partial charge >= 0.3 is 0 Å². The molecular formula is C17H19ClN2O2S2. The number of hydrogen-bond donors (Lipinski definition) is 1. The third kappa shape index (κ3) is 6.19. The van der Waals surface area contributed by atoms with E-state index in [2.05, 4.69) is 5.32 Å². The Kier molecular flexibility index (Phi) is 7.62. The number of carbonyl (C=O) groups is 2. The van der Waals surface area contributed by atoms with Crippen molar-refractivity contribution in [2.45, 2.75) is 18.4 Å². The number of hydrogen-bond acceptors (Lipinski definition) is 4. The molecule has 2 amide bonds. The molecule has 0 aliphatic rings. The lowest BCUT2D eigenvalue weighted by Crippen LogP contribution is -2.41. The number of rotatable bonds is 8. The second kappa shape index (κ2) is 9.71. The van der Waals surface area contributed by atoms with Crippen molar-refractivity contribution in [2.24, 2.45) is 0 Å². The molecule has 1 aromatic heterocycles. The van der Waals surface area contributed by atoms with Gasteiger partial charge in [0.25, 0.3) is 0 Å². The van der Waals surface area contributed by atoms with Gasteiger partial charge in [0.05, 0.1) is 18.8 Å². The molecule has 0 saturated carbocycles. The summed E-state index contributed by atoms with van der Waals surface area (Å²) in [6, 6.07) is 11.3. The molecule has 2 aromatic rings. The van der Waals surface area contributed by atoms with Gasteiger partial charge in [-0.15, -0.1) is 23.1 Å². The van der Waals surface area contributed by atoms with E-state index in [1.165, 1.54) is 11.8 Å². The van der Waals surface area contributed by atoms with Gasteiger partial charge in [0.15, 0.2) is 0 Å². The first-order valence-corrected chi connectivity index (χ1v) is 9.78. The largest absolute Gasteiger partial charge is 0.350 e. The van der Waals surface area contributed by atoms with Crippen LogP contribution in [0.25, 0.3) is 0 Å². The second-order valence-electron chi connectivity index (χ2n) is 5.01. The maximum atomic E-state index is 12.3. The molecule has 0 radical (unpaired) electrons. The van der Waals surface area contributed by atoms with Crippen molar-refractivity contribution in [1.29, 1.82) is 0 Å². The van der Waals surface area contributed by atoms with Crippen LogP contribution in [0.1, 0.15) is 11.8 Å². The number of carbonyl (C=O) groups excluding carboxylic acids is 2. The first-order chi connectivity index (χ1) is 11.6. The predicted octanol–water partition coefficient (Wildman–Crippen LogP) is 3.66. The van der Waals surface area contributed by atoms with E-state index in [1.807, 2.05) is 42.6 Å². The van der Waals surface area contributed by atoms with Crippen molar-refractivity contribution in [3.63, 3.8) is 0 Å². The van der Waals surface area contributed by atoms with Crippen molar-refractivity contribution < 1.29 is 9.59 Å². The molecule has 0 atom stereocenters. The monoisotopic (exact) mass is 382 g/mol. The fourth-order valence-corrected chi connectivity index (χ4v) is 3.75. The molecule has 0 aliphatic heterocycles. The van der Waals surface area contributed by atoms with E-state index in [9.17, 15) is 9.59 Å². The van der Waals surface area contributed by atoms with Gasteiger partial charge in [0, 0.05) is 21.3 Å². The van der Waals surface area contributed by atoms with E-state index in [-0.39, 0.29) is 24.1 Å². The number of likely N-dealkylation sites (N-methyl/N-ethyl adjacent to an activating group) is 1. The molecule has 0 fully saturated rings. The van der Waals surface area contributed by atoms with E-state index in [0.29, 0.717) is 18.1 Å². The smallest absolute Gasteiger partial charge is 0.239 e. The lowest BCUT2D eigenvalue weighted by Gasteiger charge is -2.20. The highest BCUT2D eigenvalue weighted by Crippen LogP contribution is 2.21. The van der Waals surface area contributed by atoms with E-state index in [4.69, 9.17) is 11.6 Å². The molecule has 1 N–H and O–H groups in total. The third-order valence-electron chi connectivity index (χ3n) is 3.27. The van der Waals surface area contributed by atoms with E-state index < -0.39 is 0 Å². The van der Waals surface area contributed by atoms with Crippen molar-refractivity contribution in [3.05, 3.63) is 51.7 Å². The summed E-state index contributed by atoms with van der Waals surface area (Å²) in [4.78, 5) is 27.9. The topological polar surface area (TPSA) is 49.4 Å². The van der Waals surface area contributed by atoms with Crippen LogP contribution in [-0.2, 0) is 16.1 Å². The Labute approximate surface area is 155 Å². The predicted molar refractivity (Wildman–Crippen MR) is 101 cm³/mol. The van der Waals surface area contributed by atoms with Gasteiger partial charge in [-0.25, -0.2) is 0 Å². The molecule has 7 heteroatoms. The quantitative estimate of drug-likeness (QED) is 0.709. The average molecular weight is 383 g/mol. The highest BCUT2D eigenvalue weighted by atomic mass is 35.5. The second-order valence-corrected chi connectivity index (χ2v) is 7.53. The fraction of sp³-hybridized carbons (Fsp3) is 0.294. The summed E-state index contributed by atoms with van der Waals surface area (Å²) in [6.45, 7) is 2.95. The van der Waals surface area contributed by atoms with Crippen LogP contribution in [0.4, 0.5) is 0 Å². The Morgan fingerprint density at radius 2 is 2.12 bits per heavy atom. The van der Waals surface area contributed by atoms with Gasteiger partial charge < -0.3 is 10.2 Å². The summed E-state index contributed by atoms with van der Waals surface area (Å²) in [5.41, 5.74) is 0. The summed E-state index contributed by atoms with van der Waals surface area (Å²) in [6.07, 6.45) is 0. The van der Waals surface area contributed by atoms with E-state index in [1.54, 1.807) is 22.3 Å².